The van der Waals surface area contributed by atoms with Crippen molar-refractivity contribution in [1.82, 2.24) is 16.0 Å². The van der Waals surface area contributed by atoms with Gasteiger partial charge in [-0.15, -0.1) is 0 Å². The van der Waals surface area contributed by atoms with Crippen LogP contribution < -0.4 is 20.7 Å². The first kappa shape index (κ1) is 30.6. The van der Waals surface area contributed by atoms with Gasteiger partial charge in [0.1, 0.15) is 11.5 Å². The molecule has 0 spiro atoms. The third-order valence-electron chi connectivity index (χ3n) is 7.23. The Morgan fingerprint density at radius 1 is 0.857 bits per heavy atom. The van der Waals surface area contributed by atoms with E-state index in [1.54, 1.807) is 43.7 Å². The minimum absolute atomic E-state index is 0.0516. The maximum Gasteiger partial charge on any atom is 0.251 e. The van der Waals surface area contributed by atoms with Gasteiger partial charge in [0.2, 0.25) is 0 Å². The third kappa shape index (κ3) is 8.31. The number of aryl methyl sites for hydroxylation is 1. The fourth-order valence-electron chi connectivity index (χ4n) is 4.81. The number of rotatable bonds is 13. The molecule has 0 saturated carbocycles. The van der Waals surface area contributed by atoms with E-state index in [-0.39, 0.29) is 30.4 Å². The lowest BCUT2D eigenvalue weighted by Crippen LogP contribution is -2.49. The predicted molar refractivity (Wildman–Crippen MR) is 163 cm³/mol. The molecule has 4 atom stereocenters. The Bertz CT molecular complexity index is 1460. The molecule has 1 aromatic heterocycles. The summed E-state index contributed by atoms with van der Waals surface area (Å²) in [5.41, 5.74) is 3.49. The number of benzene rings is 3. The van der Waals surface area contributed by atoms with Crippen molar-refractivity contribution in [1.29, 1.82) is 0 Å². The summed E-state index contributed by atoms with van der Waals surface area (Å²) in [5.74, 6) is 0.722. The van der Waals surface area contributed by atoms with Gasteiger partial charge >= 0.3 is 0 Å². The monoisotopic (exact) mass is 569 g/mol. The standard InChI is InChI=1S/C34H39N3O5/c1-22-16-27(33(39)36-24(3)32-14-9-15-42-32)19-28(17-22)34(40)37-30(18-25-10-6-5-7-11-25)31(38)21-35-23(2)26-12-8-13-29(20-26)41-4/h5-17,19-20,23-24,30-31,35,38H,18,21H2,1-4H3,(H,36,39)(H,37,40)/t23-,24?,30+,31-/m1/s1. The number of methoxy groups -OCH3 is 1. The molecular formula is C34H39N3O5. The molecule has 0 aliphatic heterocycles. The maximum atomic E-state index is 13.5. The van der Waals surface area contributed by atoms with E-state index in [1.165, 1.54) is 0 Å². The molecule has 4 N–H and O–H groups in total. The molecule has 4 rings (SSSR count). The zero-order chi connectivity index (χ0) is 30.1. The number of ether oxygens (including phenoxy) is 1. The van der Waals surface area contributed by atoms with Gasteiger partial charge in [0.25, 0.3) is 11.8 Å². The van der Waals surface area contributed by atoms with Gasteiger partial charge in [0, 0.05) is 23.7 Å². The molecule has 0 fully saturated rings. The predicted octanol–water partition coefficient (Wildman–Crippen LogP) is 5.14. The van der Waals surface area contributed by atoms with E-state index in [9.17, 15) is 14.7 Å². The van der Waals surface area contributed by atoms with Crippen molar-refractivity contribution in [2.45, 2.75) is 51.4 Å². The topological polar surface area (TPSA) is 113 Å². The van der Waals surface area contributed by atoms with Crippen molar-refractivity contribution in [3.63, 3.8) is 0 Å². The van der Waals surface area contributed by atoms with Crippen LogP contribution in [0.25, 0.3) is 0 Å². The zero-order valence-corrected chi connectivity index (χ0v) is 24.5. The Kier molecular flexibility index (Phi) is 10.5. The van der Waals surface area contributed by atoms with Crippen molar-refractivity contribution < 1.29 is 23.8 Å². The van der Waals surface area contributed by atoms with Crippen LogP contribution in [0, 0.1) is 6.92 Å². The lowest BCUT2D eigenvalue weighted by Gasteiger charge is -2.26. The second-order valence-electron chi connectivity index (χ2n) is 10.5. The number of aliphatic hydroxyl groups excluding tert-OH is 1. The number of hydrogen-bond donors (Lipinski definition) is 4. The second kappa shape index (κ2) is 14.5. The Hall–Kier alpha value is -4.40. The molecule has 0 bridgehead atoms. The normalized spacial score (nSPS) is 13.9. The van der Waals surface area contributed by atoms with Gasteiger partial charge in [-0.25, -0.2) is 0 Å². The van der Waals surface area contributed by atoms with Crippen molar-refractivity contribution in [3.8, 4) is 5.75 Å². The third-order valence-corrected chi connectivity index (χ3v) is 7.23. The first-order chi connectivity index (χ1) is 20.2. The molecule has 1 unspecified atom stereocenters. The lowest BCUT2D eigenvalue weighted by atomic mass is 9.99. The molecule has 4 aromatic rings. The van der Waals surface area contributed by atoms with Crippen LogP contribution in [0.2, 0.25) is 0 Å². The van der Waals surface area contributed by atoms with Crippen LogP contribution in [0.15, 0.2) is 95.6 Å². The van der Waals surface area contributed by atoms with Gasteiger partial charge in [-0.2, -0.15) is 0 Å². The van der Waals surface area contributed by atoms with Crippen molar-refractivity contribution in [2.75, 3.05) is 13.7 Å². The van der Waals surface area contributed by atoms with E-state index in [0.29, 0.717) is 23.3 Å². The quantitative estimate of drug-likeness (QED) is 0.177. The van der Waals surface area contributed by atoms with E-state index in [4.69, 9.17) is 9.15 Å². The number of hydrogen-bond acceptors (Lipinski definition) is 6. The molecule has 8 heteroatoms. The summed E-state index contributed by atoms with van der Waals surface area (Å²) in [7, 11) is 1.63. The fraction of sp³-hybridized carbons (Fsp3) is 0.294. The van der Waals surface area contributed by atoms with Crippen LogP contribution in [-0.4, -0.2) is 42.7 Å². The summed E-state index contributed by atoms with van der Waals surface area (Å²) in [6.07, 6.45) is 1.11. The molecule has 42 heavy (non-hydrogen) atoms. The van der Waals surface area contributed by atoms with Gasteiger partial charge in [-0.05, 0) is 86.3 Å². The zero-order valence-electron chi connectivity index (χ0n) is 24.5. The molecule has 3 aromatic carbocycles. The molecule has 2 amide bonds. The highest BCUT2D eigenvalue weighted by atomic mass is 16.5. The summed E-state index contributed by atoms with van der Waals surface area (Å²) in [6.45, 7) is 5.93. The smallest absolute Gasteiger partial charge is 0.251 e. The summed E-state index contributed by atoms with van der Waals surface area (Å²) >= 11 is 0. The summed E-state index contributed by atoms with van der Waals surface area (Å²) in [4.78, 5) is 26.5. The lowest BCUT2D eigenvalue weighted by molar-refractivity contribution is 0.0825. The summed E-state index contributed by atoms with van der Waals surface area (Å²) in [5, 5.41) is 20.6. The van der Waals surface area contributed by atoms with Crippen LogP contribution in [0.3, 0.4) is 0 Å². The Labute approximate surface area is 247 Å². The average Bonchev–Trinajstić information content (AvgIpc) is 3.55. The van der Waals surface area contributed by atoms with E-state index >= 15 is 0 Å². The van der Waals surface area contributed by atoms with Crippen LogP contribution in [0.1, 0.15) is 69.1 Å². The van der Waals surface area contributed by atoms with Gasteiger partial charge < -0.3 is 30.2 Å². The Morgan fingerprint density at radius 2 is 1.57 bits per heavy atom. The SMILES string of the molecule is COc1cccc([C@@H](C)NC[C@@H](O)[C@H](Cc2ccccc2)NC(=O)c2cc(C)cc(C(=O)NC(C)c3ccco3)c2)c1. The largest absolute Gasteiger partial charge is 0.497 e. The van der Waals surface area contributed by atoms with Crippen LogP contribution in [-0.2, 0) is 6.42 Å². The number of carbonyl (C=O) groups excluding carboxylic acids is 2. The fourth-order valence-corrected chi connectivity index (χ4v) is 4.81. The summed E-state index contributed by atoms with van der Waals surface area (Å²) < 4.78 is 10.7. The van der Waals surface area contributed by atoms with E-state index in [2.05, 4.69) is 16.0 Å². The van der Waals surface area contributed by atoms with Gasteiger partial charge in [-0.3, -0.25) is 9.59 Å². The molecule has 8 nitrogen and oxygen atoms in total. The van der Waals surface area contributed by atoms with E-state index < -0.39 is 12.1 Å². The number of furan rings is 1. The van der Waals surface area contributed by atoms with Gasteiger partial charge in [0.15, 0.2) is 0 Å². The van der Waals surface area contributed by atoms with Crippen LogP contribution >= 0.6 is 0 Å². The van der Waals surface area contributed by atoms with Crippen molar-refractivity contribution in [2.24, 2.45) is 0 Å². The van der Waals surface area contributed by atoms with Crippen LogP contribution in [0.4, 0.5) is 0 Å². The second-order valence-corrected chi connectivity index (χ2v) is 10.5. The Morgan fingerprint density at radius 3 is 2.24 bits per heavy atom. The van der Waals surface area contributed by atoms with Gasteiger partial charge in [-0.1, -0.05) is 42.5 Å². The number of amides is 2. The number of aliphatic hydroxyl groups is 1. The molecule has 0 aliphatic rings. The highest BCUT2D eigenvalue weighted by Gasteiger charge is 2.24. The first-order valence-electron chi connectivity index (χ1n) is 14.1. The number of carbonyl (C=O) groups is 2. The minimum atomic E-state index is -0.885. The molecule has 1 heterocycles. The highest BCUT2D eigenvalue weighted by Crippen LogP contribution is 2.20. The Balaban J connectivity index is 1.47. The molecule has 0 radical (unpaired) electrons. The molecule has 0 saturated heterocycles. The first-order valence-corrected chi connectivity index (χ1v) is 14.1. The highest BCUT2D eigenvalue weighted by molar-refractivity contribution is 6.00. The van der Waals surface area contributed by atoms with Crippen LogP contribution in [0.5, 0.6) is 5.75 Å². The molecule has 0 aliphatic carbocycles. The number of nitrogens with one attached hydrogen (secondary N) is 3. The van der Waals surface area contributed by atoms with E-state index in [0.717, 1.165) is 22.4 Å². The molecule has 220 valence electrons. The maximum absolute atomic E-state index is 13.5. The van der Waals surface area contributed by atoms with Gasteiger partial charge in [0.05, 0.1) is 31.6 Å². The average molecular weight is 570 g/mol. The van der Waals surface area contributed by atoms with E-state index in [1.807, 2.05) is 75.4 Å². The molecular weight excluding hydrogens is 530 g/mol. The summed E-state index contributed by atoms with van der Waals surface area (Å²) in [6, 6.07) is 25.1. The van der Waals surface area contributed by atoms with Crippen molar-refractivity contribution in [3.05, 3.63) is 125 Å². The van der Waals surface area contributed by atoms with Crippen molar-refractivity contribution >= 4 is 11.8 Å². The minimum Gasteiger partial charge on any atom is -0.497 e.